The minimum Gasteiger partial charge on any atom is -0.269 e. The van der Waals surface area contributed by atoms with Crippen LogP contribution in [0.4, 0.5) is 5.69 Å². The minimum atomic E-state index is -0.686. The summed E-state index contributed by atoms with van der Waals surface area (Å²) in [7, 11) is 0. The molecule has 1 aliphatic rings. The Bertz CT molecular complexity index is 1110. The number of hydrogen-bond donors (Lipinski definition) is 0. The van der Waals surface area contributed by atoms with E-state index >= 15 is 0 Å². The van der Waals surface area contributed by atoms with Gasteiger partial charge in [0.25, 0.3) is 17.5 Å². The Morgan fingerprint density at radius 3 is 2.56 bits per heavy atom. The number of thiazole rings is 1. The average molecular weight is 400 g/mol. The van der Waals surface area contributed by atoms with Crippen LogP contribution in [0, 0.1) is 10.1 Å². The molecule has 0 atom stereocenters. The second-order valence-electron chi connectivity index (χ2n) is 5.78. The number of hydrogen-bond acceptors (Lipinski definition) is 6. The summed E-state index contributed by atoms with van der Waals surface area (Å²) in [5.41, 5.74) is 0.758. The lowest BCUT2D eigenvalue weighted by Gasteiger charge is -2.11. The SMILES string of the molecule is O=C1c2cccc([N+](=O)[O-])c2C(=O)N1Cc1csc(-c2ccccc2Cl)n1. The van der Waals surface area contributed by atoms with Crippen LogP contribution < -0.4 is 0 Å². The zero-order valence-corrected chi connectivity index (χ0v) is 15.2. The second-order valence-corrected chi connectivity index (χ2v) is 7.04. The highest BCUT2D eigenvalue weighted by molar-refractivity contribution is 7.13. The predicted molar refractivity (Wildman–Crippen MR) is 99.9 cm³/mol. The maximum Gasteiger partial charge on any atom is 0.282 e. The molecule has 0 bridgehead atoms. The van der Waals surface area contributed by atoms with Crippen molar-refractivity contribution in [2.75, 3.05) is 0 Å². The number of imide groups is 1. The number of benzene rings is 2. The van der Waals surface area contributed by atoms with Gasteiger partial charge in [-0.15, -0.1) is 11.3 Å². The third-order valence-electron chi connectivity index (χ3n) is 4.15. The van der Waals surface area contributed by atoms with Gasteiger partial charge >= 0.3 is 0 Å². The monoisotopic (exact) mass is 399 g/mol. The number of carbonyl (C=O) groups excluding carboxylic acids is 2. The molecule has 0 N–H and O–H groups in total. The first-order chi connectivity index (χ1) is 13.0. The third-order valence-corrected chi connectivity index (χ3v) is 5.40. The van der Waals surface area contributed by atoms with Crippen LogP contribution in [0.25, 0.3) is 10.6 Å². The molecule has 1 aromatic heterocycles. The molecule has 3 aromatic rings. The van der Waals surface area contributed by atoms with E-state index in [1.165, 1.54) is 29.5 Å². The van der Waals surface area contributed by atoms with E-state index in [4.69, 9.17) is 11.6 Å². The second kappa shape index (κ2) is 6.57. The van der Waals surface area contributed by atoms with Gasteiger partial charge < -0.3 is 0 Å². The fraction of sp³-hybridized carbons (Fsp3) is 0.0556. The zero-order chi connectivity index (χ0) is 19.1. The number of fused-ring (bicyclic) bond motifs is 1. The lowest BCUT2D eigenvalue weighted by atomic mass is 10.1. The van der Waals surface area contributed by atoms with Crippen molar-refractivity contribution in [3.8, 4) is 10.6 Å². The van der Waals surface area contributed by atoms with Gasteiger partial charge in [-0.25, -0.2) is 4.98 Å². The molecule has 2 amide bonds. The van der Waals surface area contributed by atoms with E-state index in [-0.39, 0.29) is 23.4 Å². The van der Waals surface area contributed by atoms with Crippen molar-refractivity contribution in [2.24, 2.45) is 0 Å². The van der Waals surface area contributed by atoms with Crippen molar-refractivity contribution in [2.45, 2.75) is 6.54 Å². The van der Waals surface area contributed by atoms with Crippen molar-refractivity contribution in [3.63, 3.8) is 0 Å². The van der Waals surface area contributed by atoms with Gasteiger partial charge in [-0.2, -0.15) is 0 Å². The summed E-state index contributed by atoms with van der Waals surface area (Å²) in [6.45, 7) is -0.0650. The summed E-state index contributed by atoms with van der Waals surface area (Å²) in [4.78, 5) is 41.1. The predicted octanol–water partition coefficient (Wildman–Crippen LogP) is 4.17. The summed E-state index contributed by atoms with van der Waals surface area (Å²) < 4.78 is 0. The van der Waals surface area contributed by atoms with Crippen LogP contribution in [0.5, 0.6) is 0 Å². The van der Waals surface area contributed by atoms with Gasteiger partial charge in [0.15, 0.2) is 0 Å². The third kappa shape index (κ3) is 2.88. The molecule has 4 rings (SSSR count). The number of aromatic nitrogens is 1. The minimum absolute atomic E-state index is 0.0377. The molecule has 0 saturated carbocycles. The van der Waals surface area contributed by atoms with E-state index in [2.05, 4.69) is 4.98 Å². The largest absolute Gasteiger partial charge is 0.282 e. The molecule has 0 fully saturated rings. The van der Waals surface area contributed by atoms with Crippen LogP contribution in [0.1, 0.15) is 26.4 Å². The molecule has 0 aliphatic carbocycles. The van der Waals surface area contributed by atoms with Gasteiger partial charge in [-0.1, -0.05) is 35.9 Å². The molecule has 1 aliphatic heterocycles. The van der Waals surface area contributed by atoms with Crippen molar-refractivity contribution < 1.29 is 14.5 Å². The Balaban J connectivity index is 1.64. The number of nitro groups is 1. The van der Waals surface area contributed by atoms with Crippen LogP contribution in [0.2, 0.25) is 5.02 Å². The molecular weight excluding hydrogens is 390 g/mol. The average Bonchev–Trinajstić information content (AvgIpc) is 3.21. The quantitative estimate of drug-likeness (QED) is 0.373. The molecule has 0 saturated heterocycles. The standard InChI is InChI=1S/C18H10ClN3O4S/c19-13-6-2-1-4-11(13)16-20-10(9-27-16)8-21-17(23)12-5-3-7-14(22(25)26)15(12)18(21)24/h1-7,9H,8H2. The van der Waals surface area contributed by atoms with Gasteiger partial charge in [-0.05, 0) is 12.1 Å². The zero-order valence-electron chi connectivity index (χ0n) is 13.6. The van der Waals surface area contributed by atoms with E-state index in [9.17, 15) is 19.7 Å². The van der Waals surface area contributed by atoms with Gasteiger partial charge in [0.05, 0.1) is 27.7 Å². The van der Waals surface area contributed by atoms with Crippen LogP contribution in [-0.4, -0.2) is 26.6 Å². The van der Waals surface area contributed by atoms with Crippen molar-refractivity contribution in [1.82, 2.24) is 9.88 Å². The van der Waals surface area contributed by atoms with Crippen LogP contribution in [-0.2, 0) is 6.54 Å². The highest BCUT2D eigenvalue weighted by Gasteiger charge is 2.41. The smallest absolute Gasteiger partial charge is 0.269 e. The fourth-order valence-electron chi connectivity index (χ4n) is 2.91. The van der Waals surface area contributed by atoms with Gasteiger partial charge in [0.2, 0.25) is 0 Å². The number of halogens is 1. The Hall–Kier alpha value is -3.10. The van der Waals surface area contributed by atoms with E-state index in [1.54, 1.807) is 11.4 Å². The molecule has 0 spiro atoms. The molecule has 7 nitrogen and oxygen atoms in total. The normalized spacial score (nSPS) is 13.1. The van der Waals surface area contributed by atoms with Crippen molar-refractivity contribution in [1.29, 1.82) is 0 Å². The summed E-state index contributed by atoms with van der Waals surface area (Å²) >= 11 is 7.52. The lowest BCUT2D eigenvalue weighted by molar-refractivity contribution is -0.385. The Kier molecular flexibility index (Phi) is 4.21. The first-order valence-corrected chi connectivity index (χ1v) is 9.06. The highest BCUT2D eigenvalue weighted by atomic mass is 35.5. The number of carbonyl (C=O) groups is 2. The van der Waals surface area contributed by atoms with E-state index in [0.29, 0.717) is 15.7 Å². The maximum absolute atomic E-state index is 12.6. The Morgan fingerprint density at radius 1 is 1.07 bits per heavy atom. The number of nitrogens with zero attached hydrogens (tertiary/aromatic N) is 3. The summed E-state index contributed by atoms with van der Waals surface area (Å²) in [5.74, 6) is -1.25. The molecule has 9 heteroatoms. The van der Waals surface area contributed by atoms with E-state index in [1.807, 2.05) is 18.2 Å². The molecule has 2 heterocycles. The maximum atomic E-state index is 12.6. The van der Waals surface area contributed by atoms with Crippen molar-refractivity contribution in [3.05, 3.63) is 79.8 Å². The molecular formula is C18H10ClN3O4S. The highest BCUT2D eigenvalue weighted by Crippen LogP contribution is 2.33. The lowest BCUT2D eigenvalue weighted by Crippen LogP contribution is -2.29. The van der Waals surface area contributed by atoms with Crippen LogP contribution in [0.15, 0.2) is 47.8 Å². The van der Waals surface area contributed by atoms with Gasteiger partial charge in [-0.3, -0.25) is 24.6 Å². The molecule has 0 radical (unpaired) electrons. The molecule has 134 valence electrons. The molecule has 27 heavy (non-hydrogen) atoms. The van der Waals surface area contributed by atoms with Crippen molar-refractivity contribution >= 4 is 40.4 Å². The molecule has 2 aromatic carbocycles. The van der Waals surface area contributed by atoms with Crippen LogP contribution >= 0.6 is 22.9 Å². The van der Waals surface area contributed by atoms with Gasteiger partial charge in [0.1, 0.15) is 10.6 Å². The fourth-order valence-corrected chi connectivity index (χ4v) is 4.04. The van der Waals surface area contributed by atoms with Crippen LogP contribution in [0.3, 0.4) is 0 Å². The first kappa shape index (κ1) is 17.3. The van der Waals surface area contributed by atoms with E-state index in [0.717, 1.165) is 10.5 Å². The van der Waals surface area contributed by atoms with Gasteiger partial charge in [0, 0.05) is 17.0 Å². The number of nitro benzene ring substituents is 1. The summed E-state index contributed by atoms with van der Waals surface area (Å²) in [6, 6.07) is 11.3. The number of rotatable bonds is 4. The topological polar surface area (TPSA) is 93.4 Å². The number of amides is 2. The Labute approximate surface area is 162 Å². The summed E-state index contributed by atoms with van der Waals surface area (Å²) in [5, 5.41) is 14.1. The first-order valence-electron chi connectivity index (χ1n) is 7.80. The van der Waals surface area contributed by atoms with E-state index < -0.39 is 16.7 Å². The Morgan fingerprint density at radius 2 is 1.81 bits per heavy atom. The summed E-state index contributed by atoms with van der Waals surface area (Å²) in [6.07, 6.45) is 0. The molecule has 0 unspecified atom stereocenters.